The van der Waals surface area contributed by atoms with Crippen LogP contribution in [0.25, 0.3) is 22.1 Å². The molecule has 1 amide bonds. The SMILES string of the molecule is COc1ccc(-c2coc3cc(OCC(=O)Nc4cc(OC)ccc4OC)ccc3c2=O)cc1. The summed E-state index contributed by atoms with van der Waals surface area (Å²) in [6.45, 7) is -0.250. The quantitative estimate of drug-likeness (QED) is 0.413. The van der Waals surface area contributed by atoms with Crippen molar-refractivity contribution in [2.75, 3.05) is 33.3 Å². The maximum Gasteiger partial charge on any atom is 0.262 e. The Morgan fingerprint density at radius 1 is 0.853 bits per heavy atom. The van der Waals surface area contributed by atoms with E-state index in [1.54, 1.807) is 67.8 Å². The number of hydrogen-bond acceptors (Lipinski definition) is 7. The van der Waals surface area contributed by atoms with Crippen molar-refractivity contribution in [3.63, 3.8) is 0 Å². The molecule has 0 spiro atoms. The summed E-state index contributed by atoms with van der Waals surface area (Å²) < 4.78 is 26.9. The monoisotopic (exact) mass is 461 g/mol. The van der Waals surface area contributed by atoms with Gasteiger partial charge < -0.3 is 28.7 Å². The van der Waals surface area contributed by atoms with E-state index >= 15 is 0 Å². The molecule has 1 aromatic heterocycles. The molecule has 0 aliphatic carbocycles. The first-order chi connectivity index (χ1) is 16.5. The predicted molar refractivity (Wildman–Crippen MR) is 128 cm³/mol. The lowest BCUT2D eigenvalue weighted by atomic mass is 10.1. The minimum absolute atomic E-state index is 0.166. The molecular weight excluding hydrogens is 438 g/mol. The molecule has 0 unspecified atom stereocenters. The van der Waals surface area contributed by atoms with Crippen LogP contribution in [0, 0.1) is 0 Å². The van der Waals surface area contributed by atoms with Crippen molar-refractivity contribution in [1.82, 2.24) is 0 Å². The molecule has 1 heterocycles. The largest absolute Gasteiger partial charge is 0.497 e. The molecule has 4 aromatic rings. The predicted octanol–water partition coefficient (Wildman–Crippen LogP) is 4.50. The van der Waals surface area contributed by atoms with E-state index in [9.17, 15) is 9.59 Å². The van der Waals surface area contributed by atoms with Crippen LogP contribution < -0.4 is 29.7 Å². The van der Waals surface area contributed by atoms with Crippen molar-refractivity contribution >= 4 is 22.6 Å². The maximum absolute atomic E-state index is 13.0. The van der Waals surface area contributed by atoms with Crippen LogP contribution in [0.15, 0.2) is 76.1 Å². The first-order valence-electron chi connectivity index (χ1n) is 10.4. The van der Waals surface area contributed by atoms with E-state index in [4.69, 9.17) is 23.4 Å². The summed E-state index contributed by atoms with van der Waals surface area (Å²) in [5, 5.41) is 3.14. The lowest BCUT2D eigenvalue weighted by Crippen LogP contribution is -2.20. The number of benzene rings is 3. The summed E-state index contributed by atoms with van der Waals surface area (Å²) in [4.78, 5) is 25.4. The van der Waals surface area contributed by atoms with Gasteiger partial charge in [-0.25, -0.2) is 0 Å². The van der Waals surface area contributed by atoms with Gasteiger partial charge in [-0.05, 0) is 42.0 Å². The highest BCUT2D eigenvalue weighted by Crippen LogP contribution is 2.29. The van der Waals surface area contributed by atoms with Gasteiger partial charge in [0.15, 0.2) is 12.0 Å². The average Bonchev–Trinajstić information content (AvgIpc) is 2.87. The molecule has 8 heteroatoms. The number of hydrogen-bond donors (Lipinski definition) is 1. The van der Waals surface area contributed by atoms with Crippen molar-refractivity contribution in [3.05, 3.63) is 77.2 Å². The Morgan fingerprint density at radius 2 is 1.56 bits per heavy atom. The van der Waals surface area contributed by atoms with E-state index < -0.39 is 0 Å². The summed E-state index contributed by atoms with van der Waals surface area (Å²) in [6, 6.07) is 17.0. The molecule has 3 aromatic carbocycles. The lowest BCUT2D eigenvalue weighted by molar-refractivity contribution is -0.118. The number of carbonyl (C=O) groups excluding carboxylic acids is 1. The molecule has 4 rings (SSSR count). The third-order valence-electron chi connectivity index (χ3n) is 5.20. The highest BCUT2D eigenvalue weighted by atomic mass is 16.5. The van der Waals surface area contributed by atoms with Crippen LogP contribution in [-0.4, -0.2) is 33.8 Å². The molecule has 34 heavy (non-hydrogen) atoms. The molecule has 0 aliphatic heterocycles. The first kappa shape index (κ1) is 22.7. The minimum atomic E-state index is -0.386. The van der Waals surface area contributed by atoms with Crippen LogP contribution in [0.1, 0.15) is 0 Å². The molecule has 0 saturated carbocycles. The Balaban J connectivity index is 1.48. The topological polar surface area (TPSA) is 96.2 Å². The third-order valence-corrected chi connectivity index (χ3v) is 5.20. The van der Waals surface area contributed by atoms with E-state index in [1.807, 2.05) is 0 Å². The van der Waals surface area contributed by atoms with E-state index in [2.05, 4.69) is 5.32 Å². The van der Waals surface area contributed by atoms with Crippen molar-refractivity contribution < 1.29 is 28.2 Å². The van der Waals surface area contributed by atoms with Crippen LogP contribution >= 0.6 is 0 Å². The second-order valence-electron chi connectivity index (χ2n) is 7.27. The summed E-state index contributed by atoms with van der Waals surface area (Å²) in [6.07, 6.45) is 1.41. The van der Waals surface area contributed by atoms with Crippen LogP contribution in [0.4, 0.5) is 5.69 Å². The van der Waals surface area contributed by atoms with E-state index in [1.165, 1.54) is 20.5 Å². The zero-order valence-corrected chi connectivity index (χ0v) is 18.9. The van der Waals surface area contributed by atoms with E-state index in [0.717, 1.165) is 5.56 Å². The highest BCUT2D eigenvalue weighted by Gasteiger charge is 2.13. The smallest absolute Gasteiger partial charge is 0.262 e. The number of methoxy groups -OCH3 is 3. The number of fused-ring (bicyclic) bond motifs is 1. The molecule has 0 radical (unpaired) electrons. The van der Waals surface area contributed by atoms with Crippen LogP contribution in [0.2, 0.25) is 0 Å². The van der Waals surface area contributed by atoms with Crippen LogP contribution in [0.3, 0.4) is 0 Å². The molecule has 174 valence electrons. The van der Waals surface area contributed by atoms with Gasteiger partial charge in [-0.1, -0.05) is 12.1 Å². The summed E-state index contributed by atoms with van der Waals surface area (Å²) >= 11 is 0. The molecule has 0 aliphatic rings. The molecule has 0 fully saturated rings. The Bertz CT molecular complexity index is 1380. The number of anilines is 1. The fraction of sp³-hybridized carbons (Fsp3) is 0.154. The van der Waals surface area contributed by atoms with Crippen molar-refractivity contribution in [1.29, 1.82) is 0 Å². The lowest BCUT2D eigenvalue weighted by Gasteiger charge is -2.12. The standard InChI is InChI=1S/C26H23NO7/c1-30-17-6-4-16(5-7-17)21-14-34-24-13-19(8-10-20(24)26(21)29)33-15-25(28)27-22-12-18(31-2)9-11-23(22)32-3/h4-14H,15H2,1-3H3,(H,27,28). The van der Waals surface area contributed by atoms with Gasteiger partial charge >= 0.3 is 0 Å². The molecule has 1 N–H and O–H groups in total. The summed E-state index contributed by atoms with van der Waals surface area (Å²) in [5.41, 5.74) is 1.82. The zero-order chi connectivity index (χ0) is 24.1. The van der Waals surface area contributed by atoms with E-state index in [0.29, 0.717) is 45.2 Å². The zero-order valence-electron chi connectivity index (χ0n) is 18.9. The second-order valence-corrected chi connectivity index (χ2v) is 7.27. The van der Waals surface area contributed by atoms with Gasteiger partial charge in [-0.3, -0.25) is 9.59 Å². The Kier molecular flexibility index (Phi) is 6.68. The average molecular weight is 461 g/mol. The molecule has 0 saturated heterocycles. The van der Waals surface area contributed by atoms with Gasteiger partial charge in [-0.2, -0.15) is 0 Å². The normalized spacial score (nSPS) is 10.6. The van der Waals surface area contributed by atoms with Gasteiger partial charge in [0.25, 0.3) is 5.91 Å². The Labute approximate surface area is 195 Å². The van der Waals surface area contributed by atoms with Gasteiger partial charge in [0.1, 0.15) is 34.8 Å². The minimum Gasteiger partial charge on any atom is -0.497 e. The Morgan fingerprint density at radius 3 is 2.26 bits per heavy atom. The number of amides is 1. The summed E-state index contributed by atoms with van der Waals surface area (Å²) in [7, 11) is 4.63. The summed E-state index contributed by atoms with van der Waals surface area (Å²) in [5.74, 6) is 1.78. The van der Waals surface area contributed by atoms with E-state index in [-0.39, 0.29) is 17.9 Å². The molecule has 0 bridgehead atoms. The van der Waals surface area contributed by atoms with Crippen molar-refractivity contribution in [2.24, 2.45) is 0 Å². The molecule has 8 nitrogen and oxygen atoms in total. The highest BCUT2D eigenvalue weighted by molar-refractivity contribution is 5.93. The second kappa shape index (κ2) is 9.99. The van der Waals surface area contributed by atoms with Crippen LogP contribution in [0.5, 0.6) is 23.0 Å². The maximum atomic E-state index is 13.0. The fourth-order valence-corrected chi connectivity index (χ4v) is 3.42. The van der Waals surface area contributed by atoms with Crippen LogP contribution in [-0.2, 0) is 4.79 Å². The van der Waals surface area contributed by atoms with Crippen molar-refractivity contribution in [3.8, 4) is 34.1 Å². The number of carbonyl (C=O) groups is 1. The van der Waals surface area contributed by atoms with Gasteiger partial charge in [0, 0.05) is 12.1 Å². The number of nitrogens with one attached hydrogen (secondary N) is 1. The first-order valence-corrected chi connectivity index (χ1v) is 10.4. The van der Waals surface area contributed by atoms with Gasteiger partial charge in [0.2, 0.25) is 0 Å². The van der Waals surface area contributed by atoms with Gasteiger partial charge in [-0.15, -0.1) is 0 Å². The molecule has 0 atom stereocenters. The van der Waals surface area contributed by atoms with Crippen molar-refractivity contribution in [2.45, 2.75) is 0 Å². The molecular formula is C26H23NO7. The fourth-order valence-electron chi connectivity index (χ4n) is 3.42. The number of rotatable bonds is 8. The van der Waals surface area contributed by atoms with Gasteiger partial charge in [0.05, 0.1) is 38.0 Å². The third kappa shape index (κ3) is 4.80. The Hall–Kier alpha value is -4.46. The number of ether oxygens (including phenoxy) is 4.